The third-order valence-corrected chi connectivity index (χ3v) is 1.79. The average molecular weight is 95.2 g/mol. The predicted octanol–water partition coefficient (Wildman–Crippen LogP) is 2.01. The first-order valence-electron chi connectivity index (χ1n) is 3.30. The third-order valence-electron chi connectivity index (χ3n) is 1.79. The van der Waals surface area contributed by atoms with Gasteiger partial charge in [0.05, 0.1) is 0 Å². The summed E-state index contributed by atoms with van der Waals surface area (Å²) >= 11 is 0. The molecule has 0 atom stereocenters. The highest BCUT2D eigenvalue weighted by Crippen LogP contribution is 2.42. The molecule has 0 aromatic carbocycles. The Morgan fingerprint density at radius 2 is 1.29 bits per heavy atom. The van der Waals surface area contributed by atoms with Crippen molar-refractivity contribution in [3.63, 3.8) is 0 Å². The molecule has 0 N–H and O–H groups in total. The fraction of sp³-hybridized carbons (Fsp3) is 0.857. The lowest BCUT2D eigenvalue weighted by Crippen LogP contribution is -1.77. The molecule has 0 heteroatoms. The number of rotatable bonds is 2. The molecule has 0 unspecified atom stereocenters. The molecule has 0 amide bonds. The highest BCUT2D eigenvalue weighted by Gasteiger charge is 2.30. The molecule has 0 saturated heterocycles. The highest BCUT2D eigenvalue weighted by atomic mass is 14.4. The van der Waals surface area contributed by atoms with Crippen molar-refractivity contribution in [3.8, 4) is 0 Å². The minimum absolute atomic E-state index is 1.06. The van der Waals surface area contributed by atoms with E-state index in [4.69, 9.17) is 0 Å². The molecule has 0 aromatic rings. The summed E-state index contributed by atoms with van der Waals surface area (Å²) in [5.74, 6) is 2.12. The largest absolute Gasteiger partial charge is 0.0499 e. The van der Waals surface area contributed by atoms with Crippen LogP contribution in [0.3, 0.4) is 0 Å². The summed E-state index contributed by atoms with van der Waals surface area (Å²) in [6, 6.07) is 0. The molecule has 2 aliphatic carbocycles. The van der Waals surface area contributed by atoms with Crippen molar-refractivity contribution in [1.82, 2.24) is 0 Å². The van der Waals surface area contributed by atoms with Crippen molar-refractivity contribution >= 4 is 0 Å². The van der Waals surface area contributed by atoms with Crippen molar-refractivity contribution in [1.29, 1.82) is 0 Å². The fourth-order valence-corrected chi connectivity index (χ4v) is 0.962. The van der Waals surface area contributed by atoms with E-state index in [0.29, 0.717) is 0 Å². The van der Waals surface area contributed by atoms with Crippen molar-refractivity contribution in [2.24, 2.45) is 11.8 Å². The molecule has 2 saturated carbocycles. The monoisotopic (exact) mass is 95.1 g/mol. The van der Waals surface area contributed by atoms with Crippen LogP contribution < -0.4 is 0 Å². The van der Waals surface area contributed by atoms with Gasteiger partial charge in [-0.2, -0.15) is 0 Å². The molecule has 39 valence electrons. The lowest BCUT2D eigenvalue weighted by molar-refractivity contribution is 0.847. The van der Waals surface area contributed by atoms with Crippen LogP contribution in [0.4, 0.5) is 0 Å². The van der Waals surface area contributed by atoms with E-state index in [2.05, 4.69) is 6.42 Å². The molecule has 2 rings (SSSR count). The molecule has 0 spiro atoms. The summed E-state index contributed by atoms with van der Waals surface area (Å²) in [6.45, 7) is 0. The van der Waals surface area contributed by atoms with Gasteiger partial charge in [0.25, 0.3) is 0 Å². The van der Waals surface area contributed by atoms with Gasteiger partial charge in [-0.3, -0.25) is 0 Å². The fourth-order valence-electron chi connectivity index (χ4n) is 0.962. The van der Waals surface area contributed by atoms with Crippen LogP contribution in [0.2, 0.25) is 0 Å². The molecule has 0 bridgehead atoms. The minimum atomic E-state index is 1.06. The normalized spacial score (nSPS) is 30.9. The Morgan fingerprint density at radius 1 is 0.857 bits per heavy atom. The molecular formula is C7H11. The maximum atomic E-state index is 2.56. The van der Waals surface area contributed by atoms with Crippen LogP contribution in [0.1, 0.15) is 25.7 Å². The van der Waals surface area contributed by atoms with Crippen LogP contribution in [-0.4, -0.2) is 0 Å². The van der Waals surface area contributed by atoms with Gasteiger partial charge in [-0.1, -0.05) is 0 Å². The topological polar surface area (TPSA) is 0 Å². The summed E-state index contributed by atoms with van der Waals surface area (Å²) in [7, 11) is 0. The molecule has 0 nitrogen and oxygen atoms in total. The van der Waals surface area contributed by atoms with Gasteiger partial charge in [0.1, 0.15) is 0 Å². The van der Waals surface area contributed by atoms with Crippen LogP contribution in [0.25, 0.3) is 0 Å². The molecule has 0 aromatic heterocycles. The predicted molar refractivity (Wildman–Crippen MR) is 29.7 cm³/mol. The van der Waals surface area contributed by atoms with E-state index in [1.807, 2.05) is 0 Å². The lowest BCUT2D eigenvalue weighted by Gasteiger charge is -1.85. The first-order chi connectivity index (χ1) is 3.45. The molecule has 1 radical (unpaired) electrons. The Kier molecular flexibility index (Phi) is 0.697. The molecular weight excluding hydrogens is 84.1 g/mol. The van der Waals surface area contributed by atoms with Crippen LogP contribution in [0.5, 0.6) is 0 Å². The standard InChI is InChI=1S/C7H11/c1-2-6(1)5-7-3-4-7/h5-7H,1-4H2. The average Bonchev–Trinajstić information content (AvgIpc) is 2.33. The molecule has 2 aliphatic rings. The molecule has 0 heterocycles. The molecule has 7 heavy (non-hydrogen) atoms. The molecule has 0 aliphatic heterocycles. The van der Waals surface area contributed by atoms with Crippen molar-refractivity contribution < 1.29 is 0 Å². The maximum Gasteiger partial charge on any atom is -0.0324 e. The lowest BCUT2D eigenvalue weighted by atomic mass is 10.2. The first-order valence-corrected chi connectivity index (χ1v) is 3.30. The van der Waals surface area contributed by atoms with E-state index in [9.17, 15) is 0 Å². The van der Waals surface area contributed by atoms with E-state index < -0.39 is 0 Å². The van der Waals surface area contributed by atoms with E-state index in [1.165, 1.54) is 25.7 Å². The zero-order chi connectivity index (χ0) is 4.69. The first kappa shape index (κ1) is 3.94. The van der Waals surface area contributed by atoms with Gasteiger partial charge in [0, 0.05) is 0 Å². The van der Waals surface area contributed by atoms with Crippen molar-refractivity contribution in [3.05, 3.63) is 6.42 Å². The summed E-state index contributed by atoms with van der Waals surface area (Å²) in [6.07, 6.45) is 8.54. The second-order valence-corrected chi connectivity index (χ2v) is 2.87. The van der Waals surface area contributed by atoms with Crippen LogP contribution >= 0.6 is 0 Å². The Labute approximate surface area is 44.9 Å². The Bertz CT molecular complexity index is 58.1. The van der Waals surface area contributed by atoms with Gasteiger partial charge >= 0.3 is 0 Å². The van der Waals surface area contributed by atoms with Gasteiger partial charge in [0.2, 0.25) is 0 Å². The zero-order valence-electron chi connectivity index (χ0n) is 4.56. The molecule has 2 fully saturated rings. The van der Waals surface area contributed by atoms with Gasteiger partial charge in [-0.05, 0) is 43.9 Å². The highest BCUT2D eigenvalue weighted by molar-refractivity contribution is 4.97. The van der Waals surface area contributed by atoms with Gasteiger partial charge in [0.15, 0.2) is 0 Å². The van der Waals surface area contributed by atoms with Gasteiger partial charge in [-0.15, -0.1) is 0 Å². The number of hydrogen-bond donors (Lipinski definition) is 0. The second kappa shape index (κ2) is 1.24. The van der Waals surface area contributed by atoms with E-state index >= 15 is 0 Å². The smallest absolute Gasteiger partial charge is 0.0324 e. The van der Waals surface area contributed by atoms with Gasteiger partial charge < -0.3 is 0 Å². The summed E-state index contributed by atoms with van der Waals surface area (Å²) in [5.41, 5.74) is 0. The van der Waals surface area contributed by atoms with Crippen LogP contribution in [0, 0.1) is 18.3 Å². The number of hydrogen-bond acceptors (Lipinski definition) is 0. The van der Waals surface area contributed by atoms with Crippen LogP contribution in [-0.2, 0) is 0 Å². The maximum absolute atomic E-state index is 2.56. The van der Waals surface area contributed by atoms with E-state index in [-0.39, 0.29) is 0 Å². The Balaban J connectivity index is 1.69. The second-order valence-electron chi connectivity index (χ2n) is 2.87. The minimum Gasteiger partial charge on any atom is -0.0499 e. The Morgan fingerprint density at radius 3 is 1.57 bits per heavy atom. The summed E-state index contributed by atoms with van der Waals surface area (Å²) < 4.78 is 0. The van der Waals surface area contributed by atoms with Gasteiger partial charge in [-0.25, -0.2) is 0 Å². The van der Waals surface area contributed by atoms with Crippen LogP contribution in [0.15, 0.2) is 0 Å². The SMILES string of the molecule is [CH](C1CC1)C1CC1. The Hall–Kier alpha value is 0. The quantitative estimate of drug-likeness (QED) is 0.492. The summed E-state index contributed by atoms with van der Waals surface area (Å²) in [5, 5.41) is 0. The van der Waals surface area contributed by atoms with E-state index in [0.717, 1.165) is 11.8 Å². The third kappa shape index (κ3) is 0.960. The van der Waals surface area contributed by atoms with Crippen molar-refractivity contribution in [2.75, 3.05) is 0 Å². The zero-order valence-corrected chi connectivity index (χ0v) is 4.56. The van der Waals surface area contributed by atoms with E-state index in [1.54, 1.807) is 0 Å². The van der Waals surface area contributed by atoms with Crippen molar-refractivity contribution in [2.45, 2.75) is 25.7 Å². The summed E-state index contributed by atoms with van der Waals surface area (Å²) in [4.78, 5) is 0.